The van der Waals surface area contributed by atoms with E-state index in [4.69, 9.17) is 4.74 Å². The summed E-state index contributed by atoms with van der Waals surface area (Å²) in [5.74, 6) is -0.890. The van der Waals surface area contributed by atoms with E-state index in [1.165, 1.54) is 0 Å². The first-order valence-electron chi connectivity index (χ1n) is 7.85. The molecule has 0 aromatic heterocycles. The summed E-state index contributed by atoms with van der Waals surface area (Å²) in [5.41, 5.74) is 1.51. The van der Waals surface area contributed by atoms with Gasteiger partial charge in [-0.1, -0.05) is 30.3 Å². The van der Waals surface area contributed by atoms with E-state index in [-0.39, 0.29) is 12.3 Å². The lowest BCUT2D eigenvalue weighted by Gasteiger charge is -2.39. The molecule has 0 radical (unpaired) electrons. The normalized spacial score (nSPS) is 20.7. The van der Waals surface area contributed by atoms with Crippen molar-refractivity contribution in [1.29, 1.82) is 0 Å². The second-order valence-electron chi connectivity index (χ2n) is 5.80. The maximum Gasteiger partial charge on any atom is 0.308 e. The number of carbonyl (C=O) groups excluding carboxylic acids is 1. The summed E-state index contributed by atoms with van der Waals surface area (Å²) >= 11 is 0. The number of benzene rings is 2. The van der Waals surface area contributed by atoms with Crippen molar-refractivity contribution in [3.63, 3.8) is 0 Å². The highest BCUT2D eigenvalue weighted by molar-refractivity contribution is 5.96. The van der Waals surface area contributed by atoms with E-state index < -0.39 is 17.9 Å². The maximum atomic E-state index is 12.6. The molecule has 2 unspecified atom stereocenters. The molecule has 2 atom stereocenters. The van der Waals surface area contributed by atoms with E-state index in [0.717, 1.165) is 5.56 Å². The molecular weight excluding hydrogens is 306 g/mol. The SMILES string of the molecule is COc1ccc(C2C(C(=O)O)CCC(=O)N2c2ccccc2)cc1. The van der Waals surface area contributed by atoms with Crippen LogP contribution in [0.5, 0.6) is 5.75 Å². The van der Waals surface area contributed by atoms with E-state index in [1.807, 2.05) is 42.5 Å². The van der Waals surface area contributed by atoms with Gasteiger partial charge in [-0.15, -0.1) is 0 Å². The molecule has 1 saturated heterocycles. The monoisotopic (exact) mass is 325 g/mol. The van der Waals surface area contributed by atoms with Crippen LogP contribution < -0.4 is 9.64 Å². The summed E-state index contributed by atoms with van der Waals surface area (Å²) in [6.07, 6.45) is 0.576. The lowest BCUT2D eigenvalue weighted by molar-refractivity contribution is -0.144. The topological polar surface area (TPSA) is 66.8 Å². The molecule has 1 aliphatic rings. The van der Waals surface area contributed by atoms with Crippen LogP contribution in [0.4, 0.5) is 5.69 Å². The van der Waals surface area contributed by atoms with Crippen LogP contribution in [0.2, 0.25) is 0 Å². The molecule has 1 heterocycles. The summed E-state index contributed by atoms with van der Waals surface area (Å²) in [6, 6.07) is 15.9. The minimum Gasteiger partial charge on any atom is -0.497 e. The Morgan fingerprint density at radius 2 is 1.79 bits per heavy atom. The van der Waals surface area contributed by atoms with Gasteiger partial charge in [0.2, 0.25) is 5.91 Å². The first kappa shape index (κ1) is 16.1. The Labute approximate surface area is 140 Å². The molecule has 0 saturated carbocycles. The number of ether oxygens (including phenoxy) is 1. The van der Waals surface area contributed by atoms with E-state index in [1.54, 1.807) is 24.1 Å². The minimum absolute atomic E-state index is 0.0560. The standard InChI is InChI=1S/C19H19NO4/c1-24-15-9-7-13(8-10-15)18-16(19(22)23)11-12-17(21)20(18)14-5-3-2-4-6-14/h2-10,16,18H,11-12H2,1H3,(H,22,23). The maximum absolute atomic E-state index is 12.6. The predicted octanol–water partition coefficient (Wildman–Crippen LogP) is 3.26. The average molecular weight is 325 g/mol. The largest absolute Gasteiger partial charge is 0.497 e. The summed E-state index contributed by atoms with van der Waals surface area (Å²) in [4.78, 5) is 26.0. The van der Waals surface area contributed by atoms with Crippen molar-refractivity contribution < 1.29 is 19.4 Å². The number of aliphatic carboxylic acids is 1. The molecule has 124 valence electrons. The zero-order valence-electron chi connectivity index (χ0n) is 13.4. The summed E-state index contributed by atoms with van der Waals surface area (Å²) in [5, 5.41) is 9.66. The fourth-order valence-electron chi connectivity index (χ4n) is 3.23. The van der Waals surface area contributed by atoms with Crippen LogP contribution in [0, 0.1) is 5.92 Å². The quantitative estimate of drug-likeness (QED) is 0.937. The van der Waals surface area contributed by atoms with E-state index >= 15 is 0 Å². The van der Waals surface area contributed by atoms with Gasteiger partial charge in [0, 0.05) is 12.1 Å². The van der Waals surface area contributed by atoms with Crippen molar-refractivity contribution in [3.8, 4) is 5.75 Å². The second-order valence-corrected chi connectivity index (χ2v) is 5.80. The Balaban J connectivity index is 2.07. The molecule has 1 N–H and O–H groups in total. The number of rotatable bonds is 4. The highest BCUT2D eigenvalue weighted by Gasteiger charge is 2.41. The first-order chi connectivity index (χ1) is 11.6. The van der Waals surface area contributed by atoms with Gasteiger partial charge in [-0.3, -0.25) is 9.59 Å². The van der Waals surface area contributed by atoms with Crippen LogP contribution in [0.15, 0.2) is 54.6 Å². The van der Waals surface area contributed by atoms with Gasteiger partial charge in [-0.05, 0) is 36.2 Å². The third kappa shape index (κ3) is 2.97. The predicted molar refractivity (Wildman–Crippen MR) is 90.0 cm³/mol. The molecule has 3 rings (SSSR count). The molecule has 24 heavy (non-hydrogen) atoms. The number of para-hydroxylation sites is 1. The number of nitrogens with zero attached hydrogens (tertiary/aromatic N) is 1. The van der Waals surface area contributed by atoms with Crippen LogP contribution in [-0.2, 0) is 9.59 Å². The van der Waals surface area contributed by atoms with Gasteiger partial charge >= 0.3 is 5.97 Å². The van der Waals surface area contributed by atoms with Crippen LogP contribution in [-0.4, -0.2) is 24.1 Å². The Hall–Kier alpha value is -2.82. The van der Waals surface area contributed by atoms with Crippen LogP contribution >= 0.6 is 0 Å². The number of carboxylic acid groups (broad SMARTS) is 1. The number of carbonyl (C=O) groups is 2. The lowest BCUT2D eigenvalue weighted by atomic mass is 9.84. The Morgan fingerprint density at radius 3 is 2.38 bits per heavy atom. The van der Waals surface area contributed by atoms with Crippen molar-refractivity contribution in [2.75, 3.05) is 12.0 Å². The highest BCUT2D eigenvalue weighted by atomic mass is 16.5. The smallest absolute Gasteiger partial charge is 0.308 e. The van der Waals surface area contributed by atoms with E-state index in [9.17, 15) is 14.7 Å². The molecular formula is C19H19NO4. The van der Waals surface area contributed by atoms with Gasteiger partial charge in [-0.2, -0.15) is 0 Å². The van der Waals surface area contributed by atoms with Crippen molar-refractivity contribution >= 4 is 17.6 Å². The molecule has 5 nitrogen and oxygen atoms in total. The molecule has 2 aromatic rings. The Bertz CT molecular complexity index is 727. The number of anilines is 1. The molecule has 1 amide bonds. The molecule has 0 aliphatic carbocycles. The van der Waals surface area contributed by atoms with Crippen molar-refractivity contribution in [3.05, 3.63) is 60.2 Å². The summed E-state index contributed by atoms with van der Waals surface area (Å²) in [6.45, 7) is 0. The van der Waals surface area contributed by atoms with Crippen LogP contribution in [0.25, 0.3) is 0 Å². The fraction of sp³-hybridized carbons (Fsp3) is 0.263. The molecule has 1 aliphatic heterocycles. The molecule has 0 spiro atoms. The number of amides is 1. The van der Waals surface area contributed by atoms with Gasteiger partial charge in [0.25, 0.3) is 0 Å². The Kier molecular flexibility index (Phi) is 4.51. The van der Waals surface area contributed by atoms with Crippen LogP contribution in [0.3, 0.4) is 0 Å². The summed E-state index contributed by atoms with van der Waals surface area (Å²) in [7, 11) is 1.58. The van der Waals surface area contributed by atoms with E-state index in [0.29, 0.717) is 17.9 Å². The fourth-order valence-corrected chi connectivity index (χ4v) is 3.23. The molecule has 2 aromatic carbocycles. The van der Waals surface area contributed by atoms with Gasteiger partial charge in [0.05, 0.1) is 19.1 Å². The van der Waals surface area contributed by atoms with Crippen molar-refractivity contribution in [2.45, 2.75) is 18.9 Å². The third-order valence-corrected chi connectivity index (χ3v) is 4.41. The Morgan fingerprint density at radius 1 is 1.12 bits per heavy atom. The van der Waals surface area contributed by atoms with Gasteiger partial charge in [-0.25, -0.2) is 0 Å². The molecule has 0 bridgehead atoms. The zero-order chi connectivity index (χ0) is 17.1. The van der Waals surface area contributed by atoms with Crippen LogP contribution in [0.1, 0.15) is 24.4 Å². The van der Waals surface area contributed by atoms with Gasteiger partial charge in [0.15, 0.2) is 0 Å². The van der Waals surface area contributed by atoms with Gasteiger partial charge < -0.3 is 14.7 Å². The van der Waals surface area contributed by atoms with Gasteiger partial charge in [0.1, 0.15) is 5.75 Å². The average Bonchev–Trinajstić information content (AvgIpc) is 2.62. The summed E-state index contributed by atoms with van der Waals surface area (Å²) < 4.78 is 5.17. The number of hydrogen-bond donors (Lipinski definition) is 1. The number of piperidine rings is 1. The number of carboxylic acids is 1. The molecule has 1 fully saturated rings. The highest BCUT2D eigenvalue weighted by Crippen LogP contribution is 2.40. The zero-order valence-corrected chi connectivity index (χ0v) is 13.4. The van der Waals surface area contributed by atoms with E-state index in [2.05, 4.69) is 0 Å². The minimum atomic E-state index is -0.885. The van der Waals surface area contributed by atoms with Crippen molar-refractivity contribution in [2.24, 2.45) is 5.92 Å². The third-order valence-electron chi connectivity index (χ3n) is 4.41. The second kappa shape index (κ2) is 6.74. The number of hydrogen-bond acceptors (Lipinski definition) is 3. The van der Waals surface area contributed by atoms with Crippen molar-refractivity contribution in [1.82, 2.24) is 0 Å². The number of methoxy groups -OCH3 is 1. The first-order valence-corrected chi connectivity index (χ1v) is 7.85. The molecule has 5 heteroatoms. The lowest BCUT2D eigenvalue weighted by Crippen LogP contribution is -2.45.